The van der Waals surface area contributed by atoms with Crippen LogP contribution in [0, 0.1) is 0 Å². The lowest BCUT2D eigenvalue weighted by Gasteiger charge is -2.16. The van der Waals surface area contributed by atoms with E-state index in [9.17, 15) is 9.90 Å². The van der Waals surface area contributed by atoms with Crippen LogP contribution in [0.4, 0.5) is 0 Å². The molecule has 0 amide bonds. The summed E-state index contributed by atoms with van der Waals surface area (Å²) in [5.74, 6) is 0.264. The van der Waals surface area contributed by atoms with Crippen LogP contribution >= 0.6 is 0 Å². The average molecular weight is 195 g/mol. The first-order chi connectivity index (χ1) is 6.70. The van der Waals surface area contributed by atoms with Gasteiger partial charge in [-0.05, 0) is 19.3 Å². The van der Waals surface area contributed by atoms with Gasteiger partial charge in [0.1, 0.15) is 5.76 Å². The molecule has 0 atom stereocenters. The topological polar surface area (TPSA) is 49.7 Å². The Morgan fingerprint density at radius 2 is 2.21 bits per heavy atom. The minimum Gasteiger partial charge on any atom is -0.511 e. The van der Waals surface area contributed by atoms with Gasteiger partial charge in [0.05, 0.1) is 5.57 Å². The summed E-state index contributed by atoms with van der Waals surface area (Å²) in [6.07, 6.45) is 3.63. The van der Waals surface area contributed by atoms with Gasteiger partial charge in [0.25, 0.3) is 0 Å². The normalized spacial score (nSPS) is 24.1. The third kappa shape index (κ3) is 2.22. The zero-order chi connectivity index (χ0) is 10.6. The molecule has 0 radical (unpaired) electrons. The van der Waals surface area contributed by atoms with Crippen LogP contribution in [0.25, 0.3) is 0 Å². The lowest BCUT2D eigenvalue weighted by Crippen LogP contribution is -2.21. The smallest absolute Gasteiger partial charge is 0.168 e. The molecule has 0 aromatic rings. The molecule has 3 nitrogen and oxygen atoms in total. The first-order valence-electron chi connectivity index (χ1n) is 5.12. The van der Waals surface area contributed by atoms with Gasteiger partial charge in [-0.3, -0.25) is 9.79 Å². The van der Waals surface area contributed by atoms with E-state index >= 15 is 0 Å². The van der Waals surface area contributed by atoms with Gasteiger partial charge in [-0.15, -0.1) is 0 Å². The molecule has 14 heavy (non-hydrogen) atoms. The van der Waals surface area contributed by atoms with E-state index in [-0.39, 0.29) is 11.5 Å². The molecule has 3 heteroatoms. The van der Waals surface area contributed by atoms with Gasteiger partial charge in [-0.2, -0.15) is 0 Å². The van der Waals surface area contributed by atoms with E-state index in [0.717, 1.165) is 25.0 Å². The fourth-order valence-corrected chi connectivity index (χ4v) is 1.74. The zero-order valence-electron chi connectivity index (χ0n) is 8.84. The van der Waals surface area contributed by atoms with Crippen molar-refractivity contribution in [2.45, 2.75) is 39.0 Å². The van der Waals surface area contributed by atoms with Crippen LogP contribution in [-0.2, 0) is 4.79 Å². The van der Waals surface area contributed by atoms with Crippen LogP contribution in [-0.4, -0.2) is 23.6 Å². The van der Waals surface area contributed by atoms with E-state index in [0.29, 0.717) is 18.4 Å². The molecule has 1 N–H and O–H groups in total. The highest BCUT2D eigenvalue weighted by Crippen LogP contribution is 2.22. The quantitative estimate of drug-likeness (QED) is 0.543. The molecule has 0 spiro atoms. The Kier molecular flexibility index (Phi) is 3.86. The second kappa shape index (κ2) is 4.94. The third-order valence-corrected chi connectivity index (χ3v) is 2.43. The number of carbonyl (C=O) groups is 1. The summed E-state index contributed by atoms with van der Waals surface area (Å²) in [5.41, 5.74) is 1.26. The summed E-state index contributed by atoms with van der Waals surface area (Å²) in [7, 11) is 1.67. The number of nitrogens with zero attached hydrogens (tertiary/aromatic N) is 1. The van der Waals surface area contributed by atoms with Crippen LogP contribution < -0.4 is 0 Å². The van der Waals surface area contributed by atoms with Crippen LogP contribution in [0.15, 0.2) is 16.3 Å². The molecule has 0 aromatic heterocycles. The number of ketones is 1. The summed E-state index contributed by atoms with van der Waals surface area (Å²) >= 11 is 0. The first kappa shape index (κ1) is 11.0. The highest BCUT2D eigenvalue weighted by Gasteiger charge is 2.24. The Morgan fingerprint density at radius 3 is 2.79 bits per heavy atom. The van der Waals surface area contributed by atoms with Crippen molar-refractivity contribution in [3.8, 4) is 0 Å². The summed E-state index contributed by atoms with van der Waals surface area (Å²) < 4.78 is 0. The van der Waals surface area contributed by atoms with Crippen molar-refractivity contribution in [3.05, 3.63) is 11.3 Å². The van der Waals surface area contributed by atoms with E-state index in [4.69, 9.17) is 0 Å². The Labute approximate surface area is 84.5 Å². The van der Waals surface area contributed by atoms with E-state index in [1.165, 1.54) is 0 Å². The first-order valence-corrected chi connectivity index (χ1v) is 5.12. The van der Waals surface area contributed by atoms with Gasteiger partial charge >= 0.3 is 0 Å². The van der Waals surface area contributed by atoms with Crippen molar-refractivity contribution in [1.82, 2.24) is 0 Å². The van der Waals surface area contributed by atoms with E-state index in [1.54, 1.807) is 7.05 Å². The minimum absolute atomic E-state index is 0.0443. The van der Waals surface area contributed by atoms with E-state index < -0.39 is 0 Å². The molecular weight excluding hydrogens is 178 g/mol. The van der Waals surface area contributed by atoms with Gasteiger partial charge in [0, 0.05) is 25.6 Å². The van der Waals surface area contributed by atoms with Crippen LogP contribution in [0.3, 0.4) is 0 Å². The molecule has 0 unspecified atom stereocenters. The highest BCUT2D eigenvalue weighted by atomic mass is 16.3. The summed E-state index contributed by atoms with van der Waals surface area (Å²) in [6.45, 7) is 1.98. The molecule has 78 valence electrons. The molecule has 0 aliphatic heterocycles. The zero-order valence-corrected chi connectivity index (χ0v) is 8.84. The fourth-order valence-electron chi connectivity index (χ4n) is 1.74. The Balaban J connectivity index is 3.00. The average Bonchev–Trinajstić information content (AvgIpc) is 2.17. The number of carbonyl (C=O) groups excluding carboxylic acids is 1. The van der Waals surface area contributed by atoms with Crippen LogP contribution in [0.2, 0.25) is 0 Å². The lowest BCUT2D eigenvalue weighted by atomic mass is 9.89. The van der Waals surface area contributed by atoms with Gasteiger partial charge in [0.2, 0.25) is 0 Å². The fraction of sp³-hybridized carbons (Fsp3) is 0.636. The minimum atomic E-state index is 0.0443. The molecule has 1 aliphatic carbocycles. The molecule has 1 rings (SSSR count). The van der Waals surface area contributed by atoms with E-state index in [1.807, 2.05) is 6.92 Å². The number of aliphatic hydroxyl groups excluding tert-OH is 1. The second-order valence-electron chi connectivity index (χ2n) is 3.52. The number of aliphatic imine (C=N–C) groups is 1. The predicted molar refractivity (Wildman–Crippen MR) is 56.8 cm³/mol. The van der Waals surface area contributed by atoms with Crippen molar-refractivity contribution < 1.29 is 9.90 Å². The highest BCUT2D eigenvalue weighted by molar-refractivity contribution is 6.24. The largest absolute Gasteiger partial charge is 0.511 e. The summed E-state index contributed by atoms with van der Waals surface area (Å²) in [4.78, 5) is 15.6. The maximum Gasteiger partial charge on any atom is 0.168 e. The van der Waals surface area contributed by atoms with Crippen molar-refractivity contribution >= 4 is 11.5 Å². The number of hydrogen-bond donors (Lipinski definition) is 1. The monoisotopic (exact) mass is 195 g/mol. The summed E-state index contributed by atoms with van der Waals surface area (Å²) in [5, 5.41) is 9.72. The number of rotatable bonds is 2. The Bertz CT molecular complexity index is 290. The molecule has 0 heterocycles. The molecular formula is C11H17NO2. The second-order valence-corrected chi connectivity index (χ2v) is 3.52. The van der Waals surface area contributed by atoms with Gasteiger partial charge in [0.15, 0.2) is 5.78 Å². The van der Waals surface area contributed by atoms with Gasteiger partial charge < -0.3 is 5.11 Å². The number of aliphatic hydroxyl groups is 1. The molecule has 0 saturated heterocycles. The molecule has 1 aliphatic rings. The standard InChI is InChI=1S/C11H17NO2/c1-3-5-9(13)11-8(12-2)6-4-7-10(11)14/h13H,3-7H2,1-2H3/b11-9+,12-8?. The molecule has 1 saturated carbocycles. The molecule has 1 fully saturated rings. The maximum atomic E-state index is 11.6. The number of hydrogen-bond acceptors (Lipinski definition) is 3. The number of allylic oxidation sites excluding steroid dienone is 2. The Morgan fingerprint density at radius 1 is 1.50 bits per heavy atom. The van der Waals surface area contributed by atoms with Crippen molar-refractivity contribution in [2.75, 3.05) is 7.05 Å². The Hall–Kier alpha value is -1.12. The van der Waals surface area contributed by atoms with Crippen molar-refractivity contribution in [3.63, 3.8) is 0 Å². The van der Waals surface area contributed by atoms with Crippen molar-refractivity contribution in [2.24, 2.45) is 4.99 Å². The predicted octanol–water partition coefficient (Wildman–Crippen LogP) is 2.42. The van der Waals surface area contributed by atoms with Crippen LogP contribution in [0.1, 0.15) is 39.0 Å². The van der Waals surface area contributed by atoms with Crippen molar-refractivity contribution in [1.29, 1.82) is 0 Å². The van der Waals surface area contributed by atoms with Gasteiger partial charge in [-0.25, -0.2) is 0 Å². The van der Waals surface area contributed by atoms with E-state index in [2.05, 4.69) is 4.99 Å². The molecule has 0 bridgehead atoms. The lowest BCUT2D eigenvalue weighted by molar-refractivity contribution is -0.115. The van der Waals surface area contributed by atoms with Crippen LogP contribution in [0.5, 0.6) is 0 Å². The van der Waals surface area contributed by atoms with Gasteiger partial charge in [-0.1, -0.05) is 6.92 Å². The summed E-state index contributed by atoms with van der Waals surface area (Å²) in [6, 6.07) is 0. The maximum absolute atomic E-state index is 11.6. The molecule has 0 aromatic carbocycles. The SMILES string of the molecule is CCC/C(O)=C1\C(=O)CCCC1=NC. The third-order valence-electron chi connectivity index (χ3n) is 2.43. The number of Topliss-reactive ketones (excluding diaryl/α,β-unsaturated/α-hetero) is 1.